The summed E-state index contributed by atoms with van der Waals surface area (Å²) in [5, 5.41) is 11.3. The molecule has 0 aliphatic carbocycles. The predicted molar refractivity (Wildman–Crippen MR) is 82.3 cm³/mol. The molecule has 2 rings (SSSR count). The van der Waals surface area contributed by atoms with Crippen molar-refractivity contribution in [3.8, 4) is 5.75 Å². The van der Waals surface area contributed by atoms with Crippen LogP contribution in [0.5, 0.6) is 5.75 Å². The molecule has 0 radical (unpaired) electrons. The standard InChI is InChI=1S/C17H17F2NO3/c18-15-3-1-2-12(17(15)19)4-9-16(22)20-13-5-7-14(8-6-13)23-11-10-21/h1-3,5-8,21H,4,9-11H2,(H,20,22). The molecule has 122 valence electrons. The lowest BCUT2D eigenvalue weighted by atomic mass is 10.1. The Kier molecular flexibility index (Phi) is 6.05. The zero-order valence-corrected chi connectivity index (χ0v) is 12.4. The van der Waals surface area contributed by atoms with Gasteiger partial charge in [-0.3, -0.25) is 4.79 Å². The molecule has 2 aromatic rings. The Hall–Kier alpha value is -2.47. The van der Waals surface area contributed by atoms with Gasteiger partial charge in [0, 0.05) is 12.1 Å². The SMILES string of the molecule is O=C(CCc1cccc(F)c1F)Nc1ccc(OCCO)cc1. The second-order valence-corrected chi connectivity index (χ2v) is 4.86. The van der Waals surface area contributed by atoms with E-state index >= 15 is 0 Å². The first-order valence-electron chi connectivity index (χ1n) is 7.16. The monoisotopic (exact) mass is 321 g/mol. The van der Waals surface area contributed by atoms with E-state index in [9.17, 15) is 13.6 Å². The Morgan fingerprint density at radius 2 is 1.87 bits per heavy atom. The number of aryl methyl sites for hydroxylation is 1. The lowest BCUT2D eigenvalue weighted by molar-refractivity contribution is -0.116. The number of hydrogen-bond donors (Lipinski definition) is 2. The topological polar surface area (TPSA) is 58.6 Å². The smallest absolute Gasteiger partial charge is 0.224 e. The summed E-state index contributed by atoms with van der Waals surface area (Å²) in [6.07, 6.45) is 0.163. The quantitative estimate of drug-likeness (QED) is 0.824. The fraction of sp³-hybridized carbons (Fsp3) is 0.235. The Morgan fingerprint density at radius 3 is 2.57 bits per heavy atom. The number of nitrogens with one attached hydrogen (secondary N) is 1. The minimum absolute atomic E-state index is 0.0448. The molecule has 6 heteroatoms. The molecule has 0 unspecified atom stereocenters. The number of ether oxygens (including phenoxy) is 1. The molecule has 0 aliphatic rings. The molecule has 0 saturated carbocycles. The zero-order valence-electron chi connectivity index (χ0n) is 12.4. The molecule has 0 atom stereocenters. The largest absolute Gasteiger partial charge is 0.491 e. The molecule has 0 bridgehead atoms. The van der Waals surface area contributed by atoms with Gasteiger partial charge < -0.3 is 15.2 Å². The van der Waals surface area contributed by atoms with E-state index in [0.29, 0.717) is 11.4 Å². The summed E-state index contributed by atoms with van der Waals surface area (Å²) in [5.74, 6) is -1.54. The van der Waals surface area contributed by atoms with Gasteiger partial charge in [0.25, 0.3) is 0 Å². The molecule has 23 heavy (non-hydrogen) atoms. The number of aliphatic hydroxyl groups excluding tert-OH is 1. The summed E-state index contributed by atoms with van der Waals surface area (Å²) < 4.78 is 31.8. The van der Waals surface area contributed by atoms with Crippen molar-refractivity contribution in [1.29, 1.82) is 0 Å². The van der Waals surface area contributed by atoms with Crippen LogP contribution in [0.1, 0.15) is 12.0 Å². The number of halogens is 2. The third kappa shape index (κ3) is 5.03. The van der Waals surface area contributed by atoms with E-state index in [1.54, 1.807) is 24.3 Å². The molecule has 0 fully saturated rings. The lowest BCUT2D eigenvalue weighted by Crippen LogP contribution is -2.13. The molecule has 0 heterocycles. The summed E-state index contributed by atoms with van der Waals surface area (Å²) in [6, 6.07) is 10.6. The van der Waals surface area contributed by atoms with E-state index in [-0.39, 0.29) is 37.5 Å². The number of amides is 1. The highest BCUT2D eigenvalue weighted by molar-refractivity contribution is 5.90. The van der Waals surface area contributed by atoms with Gasteiger partial charge in [-0.05, 0) is 42.3 Å². The predicted octanol–water partition coefficient (Wildman–Crippen LogP) is 2.91. The maximum absolute atomic E-state index is 13.5. The Bertz CT molecular complexity index is 659. The Morgan fingerprint density at radius 1 is 1.13 bits per heavy atom. The first-order valence-corrected chi connectivity index (χ1v) is 7.16. The summed E-state index contributed by atoms with van der Waals surface area (Å²) in [4.78, 5) is 11.8. The van der Waals surface area contributed by atoms with Crippen molar-refractivity contribution in [2.24, 2.45) is 0 Å². The number of carbonyl (C=O) groups excluding carboxylic acids is 1. The van der Waals surface area contributed by atoms with Crippen LogP contribution in [0.3, 0.4) is 0 Å². The molecule has 1 amide bonds. The summed E-state index contributed by atoms with van der Waals surface area (Å²) in [7, 11) is 0. The fourth-order valence-corrected chi connectivity index (χ4v) is 2.01. The van der Waals surface area contributed by atoms with Crippen molar-refractivity contribution < 1.29 is 23.4 Å². The molecule has 0 aliphatic heterocycles. The first-order chi connectivity index (χ1) is 11.1. The lowest BCUT2D eigenvalue weighted by Gasteiger charge is -2.08. The van der Waals surface area contributed by atoms with Gasteiger partial charge in [0.15, 0.2) is 11.6 Å². The molecule has 0 aromatic heterocycles. The number of carbonyl (C=O) groups is 1. The molecule has 2 N–H and O–H groups in total. The summed E-state index contributed by atoms with van der Waals surface area (Å²) >= 11 is 0. The van der Waals surface area contributed by atoms with Crippen molar-refractivity contribution in [3.63, 3.8) is 0 Å². The normalized spacial score (nSPS) is 10.4. The van der Waals surface area contributed by atoms with E-state index in [1.165, 1.54) is 12.1 Å². The third-order valence-corrected chi connectivity index (χ3v) is 3.15. The van der Waals surface area contributed by atoms with Crippen molar-refractivity contribution in [2.75, 3.05) is 18.5 Å². The van der Waals surface area contributed by atoms with Crippen LogP contribution in [0.2, 0.25) is 0 Å². The summed E-state index contributed by atoms with van der Waals surface area (Å²) in [6.45, 7) is 0.125. The second-order valence-electron chi connectivity index (χ2n) is 4.86. The Labute approximate surface area is 132 Å². The van der Waals surface area contributed by atoms with Crippen LogP contribution in [0.25, 0.3) is 0 Å². The van der Waals surface area contributed by atoms with Gasteiger partial charge in [0.1, 0.15) is 12.4 Å². The highest BCUT2D eigenvalue weighted by Gasteiger charge is 2.10. The van der Waals surface area contributed by atoms with Gasteiger partial charge in [-0.15, -0.1) is 0 Å². The van der Waals surface area contributed by atoms with Crippen molar-refractivity contribution in [3.05, 3.63) is 59.7 Å². The van der Waals surface area contributed by atoms with Gasteiger partial charge in [-0.1, -0.05) is 12.1 Å². The van der Waals surface area contributed by atoms with Gasteiger partial charge in [0.05, 0.1) is 6.61 Å². The average molecular weight is 321 g/mol. The second kappa shape index (κ2) is 8.24. The van der Waals surface area contributed by atoms with E-state index in [1.807, 2.05) is 0 Å². The number of rotatable bonds is 7. The number of aliphatic hydroxyl groups is 1. The highest BCUT2D eigenvalue weighted by Crippen LogP contribution is 2.17. The minimum Gasteiger partial charge on any atom is -0.491 e. The van der Waals surface area contributed by atoms with Crippen molar-refractivity contribution in [1.82, 2.24) is 0 Å². The third-order valence-electron chi connectivity index (χ3n) is 3.15. The molecule has 4 nitrogen and oxygen atoms in total. The molecular weight excluding hydrogens is 304 g/mol. The van der Waals surface area contributed by atoms with E-state index in [0.717, 1.165) is 6.07 Å². The van der Waals surface area contributed by atoms with E-state index in [4.69, 9.17) is 9.84 Å². The van der Waals surface area contributed by atoms with Gasteiger partial charge in [0.2, 0.25) is 5.91 Å². The molecule has 2 aromatic carbocycles. The maximum atomic E-state index is 13.5. The van der Waals surface area contributed by atoms with Crippen LogP contribution in [0.4, 0.5) is 14.5 Å². The van der Waals surface area contributed by atoms with Crippen molar-refractivity contribution >= 4 is 11.6 Å². The zero-order chi connectivity index (χ0) is 16.7. The molecule has 0 saturated heterocycles. The number of hydrogen-bond acceptors (Lipinski definition) is 3. The highest BCUT2D eigenvalue weighted by atomic mass is 19.2. The maximum Gasteiger partial charge on any atom is 0.224 e. The van der Waals surface area contributed by atoms with Crippen LogP contribution >= 0.6 is 0 Å². The minimum atomic E-state index is -0.915. The van der Waals surface area contributed by atoms with Crippen LogP contribution in [-0.2, 0) is 11.2 Å². The van der Waals surface area contributed by atoms with Gasteiger partial charge >= 0.3 is 0 Å². The molecular formula is C17H17F2NO3. The fourth-order valence-electron chi connectivity index (χ4n) is 2.01. The number of anilines is 1. The first kappa shape index (κ1) is 16.9. The van der Waals surface area contributed by atoms with Crippen LogP contribution < -0.4 is 10.1 Å². The van der Waals surface area contributed by atoms with Crippen LogP contribution in [0, 0.1) is 11.6 Å². The van der Waals surface area contributed by atoms with Crippen LogP contribution in [0.15, 0.2) is 42.5 Å². The number of benzene rings is 2. The molecule has 0 spiro atoms. The van der Waals surface area contributed by atoms with E-state index < -0.39 is 11.6 Å². The van der Waals surface area contributed by atoms with Crippen molar-refractivity contribution in [2.45, 2.75) is 12.8 Å². The average Bonchev–Trinajstić information content (AvgIpc) is 2.55. The van der Waals surface area contributed by atoms with Gasteiger partial charge in [-0.2, -0.15) is 0 Å². The van der Waals surface area contributed by atoms with Crippen LogP contribution in [-0.4, -0.2) is 24.2 Å². The summed E-state index contributed by atoms with van der Waals surface area (Å²) in [5.41, 5.74) is 0.749. The Balaban J connectivity index is 1.86. The van der Waals surface area contributed by atoms with Gasteiger partial charge in [-0.25, -0.2) is 8.78 Å². The van der Waals surface area contributed by atoms with E-state index in [2.05, 4.69) is 5.32 Å².